The minimum Gasteiger partial charge on any atom is -0.352 e. The summed E-state index contributed by atoms with van der Waals surface area (Å²) in [6.45, 7) is 0.253. The molecule has 0 spiro atoms. The lowest BCUT2D eigenvalue weighted by Gasteiger charge is -2.29. The fourth-order valence-corrected chi connectivity index (χ4v) is 3.16. The Labute approximate surface area is 143 Å². The molecule has 0 aromatic carbocycles. The number of pyridine rings is 1. The molecule has 0 unspecified atom stereocenters. The van der Waals surface area contributed by atoms with E-state index in [0.29, 0.717) is 18.7 Å². The average molecular weight is 352 g/mol. The molecule has 134 valence electrons. The Bertz CT molecular complexity index is 715. The van der Waals surface area contributed by atoms with Crippen LogP contribution in [0.1, 0.15) is 31.2 Å². The molecule has 2 aromatic heterocycles. The van der Waals surface area contributed by atoms with Crippen LogP contribution in [0.4, 0.5) is 13.2 Å². The zero-order valence-electron chi connectivity index (χ0n) is 13.5. The molecule has 25 heavy (non-hydrogen) atoms. The van der Waals surface area contributed by atoms with E-state index < -0.39 is 18.0 Å². The van der Waals surface area contributed by atoms with Crippen molar-refractivity contribution in [2.45, 2.75) is 38.4 Å². The van der Waals surface area contributed by atoms with Crippen molar-refractivity contribution in [1.82, 2.24) is 20.1 Å². The third-order valence-corrected chi connectivity index (χ3v) is 4.52. The van der Waals surface area contributed by atoms with Gasteiger partial charge in [0.25, 0.3) is 0 Å². The molecule has 0 radical (unpaired) electrons. The average Bonchev–Trinajstić information content (AvgIpc) is 3.14. The van der Waals surface area contributed by atoms with Crippen LogP contribution in [0.5, 0.6) is 0 Å². The normalized spacial score (nSPS) is 21.1. The number of halogens is 3. The van der Waals surface area contributed by atoms with Gasteiger partial charge in [-0.25, -0.2) is 9.67 Å². The van der Waals surface area contributed by atoms with Crippen molar-refractivity contribution in [3.63, 3.8) is 0 Å². The number of carbonyl (C=O) groups excluding carboxylic acids is 1. The third kappa shape index (κ3) is 4.37. The lowest BCUT2D eigenvalue weighted by atomic mass is 9.80. The summed E-state index contributed by atoms with van der Waals surface area (Å²) < 4.78 is 40.2. The fourth-order valence-electron chi connectivity index (χ4n) is 3.16. The molecule has 5 nitrogen and oxygen atoms in total. The first kappa shape index (κ1) is 17.4. The molecule has 1 amide bonds. The highest BCUT2D eigenvalue weighted by Crippen LogP contribution is 2.39. The first-order valence-corrected chi connectivity index (χ1v) is 8.23. The van der Waals surface area contributed by atoms with Gasteiger partial charge in [0.05, 0.1) is 5.92 Å². The highest BCUT2D eigenvalue weighted by molar-refractivity contribution is 5.78. The van der Waals surface area contributed by atoms with Crippen molar-refractivity contribution in [3.05, 3.63) is 42.4 Å². The molecule has 2 atom stereocenters. The highest BCUT2D eigenvalue weighted by atomic mass is 19.4. The van der Waals surface area contributed by atoms with Crippen molar-refractivity contribution in [2.24, 2.45) is 11.8 Å². The second-order valence-electron chi connectivity index (χ2n) is 6.29. The summed E-state index contributed by atoms with van der Waals surface area (Å²) in [5.41, 5.74) is 0.817. The van der Waals surface area contributed by atoms with Gasteiger partial charge in [0.15, 0.2) is 5.82 Å². The standard InChI is InChI=1S/C17H19F3N4O/c18-17(19,20)14-4-1-3-13(10-14)16(25)22-11-12-5-7-21-15(9-12)24-8-2-6-23-24/h2,5-9,13-14H,1,3-4,10-11H2,(H,22,25)/t13-,14-/m0/s1. The van der Waals surface area contributed by atoms with Crippen LogP contribution >= 0.6 is 0 Å². The maximum atomic E-state index is 12.9. The molecule has 0 aliphatic heterocycles. The van der Waals surface area contributed by atoms with Gasteiger partial charge in [-0.2, -0.15) is 18.3 Å². The summed E-state index contributed by atoms with van der Waals surface area (Å²) in [6.07, 6.45) is 1.71. The maximum Gasteiger partial charge on any atom is 0.391 e. The summed E-state index contributed by atoms with van der Waals surface area (Å²) in [5, 5.41) is 6.84. The minimum absolute atomic E-state index is 0.116. The van der Waals surface area contributed by atoms with E-state index >= 15 is 0 Å². The van der Waals surface area contributed by atoms with Crippen molar-refractivity contribution in [3.8, 4) is 5.82 Å². The van der Waals surface area contributed by atoms with Crippen LogP contribution in [0.2, 0.25) is 0 Å². The van der Waals surface area contributed by atoms with Gasteiger partial charge in [-0.05, 0) is 43.0 Å². The van der Waals surface area contributed by atoms with Crippen LogP contribution in [0.25, 0.3) is 5.82 Å². The quantitative estimate of drug-likeness (QED) is 0.919. The van der Waals surface area contributed by atoms with Crippen LogP contribution < -0.4 is 5.32 Å². The molecule has 0 bridgehead atoms. The number of aromatic nitrogens is 3. The summed E-state index contributed by atoms with van der Waals surface area (Å²) in [4.78, 5) is 16.4. The Hall–Kier alpha value is -2.38. The molecular formula is C17H19F3N4O. The Morgan fingerprint density at radius 2 is 2.16 bits per heavy atom. The van der Waals surface area contributed by atoms with E-state index in [9.17, 15) is 18.0 Å². The predicted molar refractivity (Wildman–Crippen MR) is 84.7 cm³/mol. The van der Waals surface area contributed by atoms with E-state index in [0.717, 1.165) is 5.56 Å². The number of hydrogen-bond donors (Lipinski definition) is 1. The largest absolute Gasteiger partial charge is 0.391 e. The van der Waals surface area contributed by atoms with Gasteiger partial charge in [-0.15, -0.1) is 0 Å². The molecule has 2 heterocycles. The molecule has 8 heteroatoms. The predicted octanol–water partition coefficient (Wildman–Crippen LogP) is 3.25. The summed E-state index contributed by atoms with van der Waals surface area (Å²) in [5.74, 6) is -1.64. The van der Waals surface area contributed by atoms with E-state index in [4.69, 9.17) is 0 Å². The molecule has 1 aliphatic carbocycles. The van der Waals surface area contributed by atoms with Gasteiger partial charge in [-0.1, -0.05) is 6.42 Å². The number of nitrogens with one attached hydrogen (secondary N) is 1. The molecular weight excluding hydrogens is 333 g/mol. The lowest BCUT2D eigenvalue weighted by Crippen LogP contribution is -2.37. The minimum atomic E-state index is -4.22. The second-order valence-corrected chi connectivity index (χ2v) is 6.29. The first-order valence-electron chi connectivity index (χ1n) is 8.23. The van der Waals surface area contributed by atoms with Crippen molar-refractivity contribution in [2.75, 3.05) is 0 Å². The highest BCUT2D eigenvalue weighted by Gasteiger charge is 2.43. The molecule has 3 rings (SSSR count). The van der Waals surface area contributed by atoms with Gasteiger partial charge >= 0.3 is 6.18 Å². The Morgan fingerprint density at radius 1 is 1.32 bits per heavy atom. The fraction of sp³-hybridized carbons (Fsp3) is 0.471. The smallest absolute Gasteiger partial charge is 0.352 e. The first-order chi connectivity index (χ1) is 11.9. The van der Waals surface area contributed by atoms with Gasteiger partial charge in [0.1, 0.15) is 0 Å². The lowest BCUT2D eigenvalue weighted by molar-refractivity contribution is -0.186. The van der Waals surface area contributed by atoms with E-state index in [1.165, 1.54) is 0 Å². The van der Waals surface area contributed by atoms with Crippen LogP contribution in [-0.4, -0.2) is 26.8 Å². The zero-order chi connectivity index (χ0) is 17.9. The van der Waals surface area contributed by atoms with Crippen LogP contribution in [0, 0.1) is 11.8 Å². The number of nitrogens with zero attached hydrogens (tertiary/aromatic N) is 3. The second kappa shape index (κ2) is 7.25. The summed E-state index contributed by atoms with van der Waals surface area (Å²) in [6, 6.07) is 5.32. The molecule has 2 aromatic rings. The molecule has 1 aliphatic rings. The summed E-state index contributed by atoms with van der Waals surface area (Å²) >= 11 is 0. The van der Waals surface area contributed by atoms with Gasteiger partial charge < -0.3 is 5.32 Å². The van der Waals surface area contributed by atoms with Crippen LogP contribution in [0.3, 0.4) is 0 Å². The van der Waals surface area contributed by atoms with Crippen LogP contribution in [-0.2, 0) is 11.3 Å². The van der Waals surface area contributed by atoms with E-state index in [1.807, 2.05) is 0 Å². The summed E-state index contributed by atoms with van der Waals surface area (Å²) in [7, 11) is 0. The Morgan fingerprint density at radius 3 is 2.88 bits per heavy atom. The van der Waals surface area contributed by atoms with Crippen LogP contribution in [0.15, 0.2) is 36.8 Å². The van der Waals surface area contributed by atoms with Gasteiger partial charge in [0, 0.05) is 31.1 Å². The van der Waals surface area contributed by atoms with Gasteiger partial charge in [0.2, 0.25) is 5.91 Å². The number of rotatable bonds is 4. The van der Waals surface area contributed by atoms with Crippen molar-refractivity contribution < 1.29 is 18.0 Å². The van der Waals surface area contributed by atoms with Crippen molar-refractivity contribution >= 4 is 5.91 Å². The topological polar surface area (TPSA) is 59.8 Å². The molecule has 0 saturated heterocycles. The monoisotopic (exact) mass is 352 g/mol. The number of hydrogen-bond acceptors (Lipinski definition) is 3. The van der Waals surface area contributed by atoms with Gasteiger partial charge in [-0.3, -0.25) is 4.79 Å². The molecule has 1 saturated carbocycles. The maximum absolute atomic E-state index is 12.9. The number of carbonyl (C=O) groups is 1. The molecule has 1 fully saturated rings. The molecule has 1 N–H and O–H groups in total. The van der Waals surface area contributed by atoms with E-state index in [2.05, 4.69) is 15.4 Å². The zero-order valence-corrected chi connectivity index (χ0v) is 13.5. The Kier molecular flexibility index (Phi) is 5.06. The Balaban J connectivity index is 1.58. The third-order valence-electron chi connectivity index (χ3n) is 4.52. The number of amides is 1. The van der Waals surface area contributed by atoms with E-state index in [1.54, 1.807) is 41.5 Å². The van der Waals surface area contributed by atoms with Crippen molar-refractivity contribution in [1.29, 1.82) is 0 Å². The van der Waals surface area contributed by atoms with E-state index in [-0.39, 0.29) is 25.3 Å². The SMILES string of the molecule is O=C(NCc1ccnc(-n2cccn2)c1)[C@H]1CCC[C@H](C(F)(F)F)C1. The number of alkyl halides is 3.